The first kappa shape index (κ1) is 23.8. The molecule has 0 saturated carbocycles. The maximum absolute atomic E-state index is 5.75. The summed E-state index contributed by atoms with van der Waals surface area (Å²) in [6.07, 6.45) is 0. The van der Waals surface area contributed by atoms with Crippen LogP contribution in [-0.4, -0.2) is 55.0 Å². The highest BCUT2D eigenvalue weighted by Crippen LogP contribution is 2.24. The Labute approximate surface area is 206 Å². The van der Waals surface area contributed by atoms with Crippen molar-refractivity contribution in [2.45, 2.75) is 13.1 Å². The van der Waals surface area contributed by atoms with E-state index in [1.807, 2.05) is 58.0 Å². The number of nitrogens with one attached hydrogen (secondary N) is 2. The van der Waals surface area contributed by atoms with Crippen molar-refractivity contribution in [2.75, 3.05) is 45.9 Å². The zero-order chi connectivity index (χ0) is 23.6. The largest absolute Gasteiger partial charge is 0.368 e. The van der Waals surface area contributed by atoms with Crippen molar-refractivity contribution in [3.05, 3.63) is 71.8 Å². The molecular weight excluding hydrogens is 468 g/mol. The molecule has 4 rings (SSSR count). The van der Waals surface area contributed by atoms with Crippen molar-refractivity contribution in [3.63, 3.8) is 0 Å². The second-order valence-corrected chi connectivity index (χ2v) is 10.2. The Bertz CT molecular complexity index is 1030. The molecule has 178 valence electrons. The topological polar surface area (TPSA) is 142 Å². The van der Waals surface area contributed by atoms with Crippen molar-refractivity contribution in [1.29, 1.82) is 0 Å². The standard InChI is InChI=1S/C22H28N10S2/c23-19-25-21(29-27-19)31(15-17-7-3-1-4-8-17)11-13-33-34-14-12-32(22-26-20(24)28-30-22)16-18-9-5-2-6-10-18/h1-10H,11-16H2,(H3,23,25,27,29)(H3,24,26,28,30). The van der Waals surface area contributed by atoms with Crippen LogP contribution in [-0.2, 0) is 13.1 Å². The molecule has 4 aromatic rings. The van der Waals surface area contributed by atoms with Crippen molar-refractivity contribution >= 4 is 45.4 Å². The van der Waals surface area contributed by atoms with E-state index in [1.165, 1.54) is 11.1 Å². The lowest BCUT2D eigenvalue weighted by Gasteiger charge is -2.22. The first-order valence-electron chi connectivity index (χ1n) is 10.9. The van der Waals surface area contributed by atoms with E-state index in [4.69, 9.17) is 11.5 Å². The van der Waals surface area contributed by atoms with Crippen LogP contribution >= 0.6 is 21.6 Å². The van der Waals surface area contributed by atoms with Gasteiger partial charge in [0.05, 0.1) is 0 Å². The third-order valence-corrected chi connectivity index (χ3v) is 7.32. The third-order valence-electron chi connectivity index (χ3n) is 4.95. The van der Waals surface area contributed by atoms with Gasteiger partial charge in [0.15, 0.2) is 0 Å². The molecule has 34 heavy (non-hydrogen) atoms. The third kappa shape index (κ3) is 7.06. The number of rotatable bonds is 13. The average Bonchev–Trinajstić information content (AvgIpc) is 3.49. The Hall–Kier alpha value is -3.38. The van der Waals surface area contributed by atoms with Crippen molar-refractivity contribution in [1.82, 2.24) is 30.4 Å². The van der Waals surface area contributed by atoms with Gasteiger partial charge in [-0.3, -0.25) is 0 Å². The molecule has 0 aliphatic carbocycles. The highest BCUT2D eigenvalue weighted by molar-refractivity contribution is 8.76. The Morgan fingerprint density at radius 2 is 1.06 bits per heavy atom. The molecule has 0 fully saturated rings. The number of benzene rings is 2. The van der Waals surface area contributed by atoms with Crippen LogP contribution < -0.4 is 21.3 Å². The number of nitrogens with zero attached hydrogens (tertiary/aromatic N) is 6. The summed E-state index contributed by atoms with van der Waals surface area (Å²) in [5.41, 5.74) is 13.9. The predicted octanol–water partition coefficient (Wildman–Crippen LogP) is 3.18. The lowest BCUT2D eigenvalue weighted by Crippen LogP contribution is -2.27. The molecule has 2 heterocycles. The number of hydrogen-bond donors (Lipinski definition) is 4. The highest BCUT2D eigenvalue weighted by Gasteiger charge is 2.14. The van der Waals surface area contributed by atoms with E-state index in [9.17, 15) is 0 Å². The van der Waals surface area contributed by atoms with Gasteiger partial charge in [-0.25, -0.2) is 10.2 Å². The summed E-state index contributed by atoms with van der Waals surface area (Å²) in [4.78, 5) is 12.9. The molecule has 2 aromatic carbocycles. The first-order chi connectivity index (χ1) is 16.7. The number of H-pyrrole nitrogens is 2. The molecule has 0 amide bonds. The fourth-order valence-electron chi connectivity index (χ4n) is 3.33. The first-order valence-corrected chi connectivity index (χ1v) is 13.3. The highest BCUT2D eigenvalue weighted by atomic mass is 33.1. The van der Waals surface area contributed by atoms with E-state index < -0.39 is 0 Å². The summed E-state index contributed by atoms with van der Waals surface area (Å²) in [5.74, 6) is 3.70. The van der Waals surface area contributed by atoms with Gasteiger partial charge in [0.2, 0.25) is 23.8 Å². The van der Waals surface area contributed by atoms with Gasteiger partial charge in [0, 0.05) is 37.7 Å². The fraction of sp³-hybridized carbons (Fsp3) is 0.273. The minimum atomic E-state index is 0.321. The summed E-state index contributed by atoms with van der Waals surface area (Å²) >= 11 is 0. The molecule has 0 saturated heterocycles. The number of hydrogen-bond acceptors (Lipinski definition) is 10. The van der Waals surface area contributed by atoms with Crippen LogP contribution in [0.25, 0.3) is 0 Å². The van der Waals surface area contributed by atoms with Crippen molar-refractivity contribution in [3.8, 4) is 0 Å². The Kier molecular flexibility index (Phi) is 8.52. The van der Waals surface area contributed by atoms with Gasteiger partial charge in [0.25, 0.3) is 0 Å². The number of nitrogen functional groups attached to an aromatic ring is 2. The Balaban J connectivity index is 1.26. The summed E-state index contributed by atoms with van der Waals surface area (Å²) in [5, 5.41) is 13.9. The average molecular weight is 497 g/mol. The minimum absolute atomic E-state index is 0.321. The molecular formula is C22H28N10S2. The van der Waals surface area contributed by atoms with E-state index in [1.54, 1.807) is 0 Å². The Morgan fingerprint density at radius 3 is 1.41 bits per heavy atom. The predicted molar refractivity (Wildman–Crippen MR) is 141 cm³/mol. The summed E-state index contributed by atoms with van der Waals surface area (Å²) < 4.78 is 0. The fourth-order valence-corrected chi connectivity index (χ4v) is 5.31. The minimum Gasteiger partial charge on any atom is -0.368 e. The lowest BCUT2D eigenvalue weighted by molar-refractivity contribution is 0.799. The van der Waals surface area contributed by atoms with Crippen molar-refractivity contribution in [2.24, 2.45) is 0 Å². The smallest absolute Gasteiger partial charge is 0.246 e. The lowest BCUT2D eigenvalue weighted by atomic mass is 10.2. The second kappa shape index (κ2) is 12.2. The van der Waals surface area contributed by atoms with Crippen molar-refractivity contribution < 1.29 is 0 Å². The van der Waals surface area contributed by atoms with Gasteiger partial charge in [0.1, 0.15) is 0 Å². The van der Waals surface area contributed by atoms with E-state index in [0.29, 0.717) is 23.8 Å². The number of aromatic nitrogens is 6. The molecule has 0 aliphatic heterocycles. The van der Waals surface area contributed by atoms with E-state index >= 15 is 0 Å². The monoisotopic (exact) mass is 496 g/mol. The normalized spacial score (nSPS) is 10.9. The molecule has 0 spiro atoms. The molecule has 0 atom stereocenters. The summed E-state index contributed by atoms with van der Waals surface area (Å²) in [6.45, 7) is 3.05. The number of nitrogens with two attached hydrogens (primary N) is 2. The van der Waals surface area contributed by atoms with Crippen LogP contribution in [0.15, 0.2) is 60.7 Å². The molecule has 12 heteroatoms. The summed E-state index contributed by atoms with van der Waals surface area (Å²) in [6, 6.07) is 20.6. The van der Waals surface area contributed by atoms with Crippen LogP contribution in [0.4, 0.5) is 23.8 Å². The van der Waals surface area contributed by atoms with Crippen LogP contribution in [0.1, 0.15) is 11.1 Å². The van der Waals surface area contributed by atoms with E-state index in [0.717, 1.165) is 37.7 Å². The molecule has 0 radical (unpaired) electrons. The number of anilines is 4. The van der Waals surface area contributed by atoms with Gasteiger partial charge < -0.3 is 21.3 Å². The van der Waals surface area contributed by atoms with E-state index in [-0.39, 0.29) is 0 Å². The van der Waals surface area contributed by atoms with Gasteiger partial charge in [-0.2, -0.15) is 9.97 Å². The summed E-state index contributed by atoms with van der Waals surface area (Å²) in [7, 11) is 3.64. The van der Waals surface area contributed by atoms with Crippen LogP contribution in [0.3, 0.4) is 0 Å². The second-order valence-electron chi connectivity index (χ2n) is 7.50. The molecule has 10 nitrogen and oxygen atoms in total. The quantitative estimate of drug-likeness (QED) is 0.161. The van der Waals surface area contributed by atoms with Gasteiger partial charge >= 0.3 is 0 Å². The molecule has 0 aliphatic rings. The van der Waals surface area contributed by atoms with E-state index in [2.05, 4.69) is 64.4 Å². The van der Waals surface area contributed by atoms with Crippen LogP contribution in [0.5, 0.6) is 0 Å². The van der Waals surface area contributed by atoms with Crippen LogP contribution in [0.2, 0.25) is 0 Å². The van der Waals surface area contributed by atoms with Gasteiger partial charge in [-0.1, -0.05) is 82.3 Å². The molecule has 6 N–H and O–H groups in total. The maximum atomic E-state index is 5.75. The maximum Gasteiger partial charge on any atom is 0.246 e. The van der Waals surface area contributed by atoms with Gasteiger partial charge in [-0.05, 0) is 11.1 Å². The van der Waals surface area contributed by atoms with Gasteiger partial charge in [-0.15, -0.1) is 10.2 Å². The Morgan fingerprint density at radius 1 is 0.647 bits per heavy atom. The molecule has 0 bridgehead atoms. The zero-order valence-electron chi connectivity index (χ0n) is 18.7. The SMILES string of the molecule is Nc1nc(N(CCSSCCN(Cc2ccccc2)c2n[nH]c(N)n2)Cc2ccccc2)n[nH]1. The van der Waals surface area contributed by atoms with Crippen LogP contribution in [0, 0.1) is 0 Å². The molecule has 2 aromatic heterocycles. The zero-order valence-corrected chi connectivity index (χ0v) is 20.3. The molecule has 0 unspecified atom stereocenters. The number of aromatic amines is 2.